The van der Waals surface area contributed by atoms with Crippen LogP contribution in [-0.4, -0.2) is 38.6 Å². The molecule has 0 unspecified atom stereocenters. The Morgan fingerprint density at radius 1 is 1.19 bits per heavy atom. The minimum Gasteiger partial charge on any atom is -0.474 e. The molecule has 3 N–H and O–H groups in total. The molecule has 1 aliphatic rings. The normalized spacial score (nSPS) is 15.3. The Morgan fingerprint density at radius 2 is 1.89 bits per heavy atom. The van der Waals surface area contributed by atoms with Crippen LogP contribution in [0.5, 0.6) is 5.88 Å². The molecule has 1 aromatic carbocycles. The van der Waals surface area contributed by atoms with Crippen LogP contribution in [0.15, 0.2) is 47.5 Å². The Balaban J connectivity index is 1.53. The van der Waals surface area contributed by atoms with E-state index in [4.69, 9.17) is 14.6 Å². The molecule has 1 aliphatic heterocycles. The van der Waals surface area contributed by atoms with E-state index >= 15 is 0 Å². The molecule has 2 heterocycles. The second kappa shape index (κ2) is 8.47. The van der Waals surface area contributed by atoms with E-state index in [2.05, 4.69) is 10.3 Å². The highest BCUT2D eigenvalue weighted by atomic mass is 32.2. The Hall–Kier alpha value is -2.49. The topological polar surface area (TPSA) is 121 Å². The lowest BCUT2D eigenvalue weighted by molar-refractivity contribution is 0.0237. The maximum Gasteiger partial charge on any atom is 0.253 e. The van der Waals surface area contributed by atoms with Gasteiger partial charge in [-0.25, -0.2) is 18.5 Å². The zero-order valence-corrected chi connectivity index (χ0v) is 15.4. The number of rotatable bonds is 6. The number of nitrogens with one attached hydrogen (secondary N) is 1. The highest BCUT2D eigenvalue weighted by Crippen LogP contribution is 2.16. The van der Waals surface area contributed by atoms with Crippen molar-refractivity contribution < 1.29 is 22.7 Å². The molecule has 9 heteroatoms. The molecule has 3 rings (SSSR count). The van der Waals surface area contributed by atoms with Crippen LogP contribution in [0.25, 0.3) is 0 Å². The number of sulfonamides is 1. The van der Waals surface area contributed by atoms with E-state index in [-0.39, 0.29) is 23.5 Å². The number of primary sulfonamides is 1. The van der Waals surface area contributed by atoms with Crippen LogP contribution in [0.3, 0.4) is 0 Å². The molecular formula is C18H21N3O5S. The van der Waals surface area contributed by atoms with E-state index in [1.165, 1.54) is 18.3 Å². The summed E-state index contributed by atoms with van der Waals surface area (Å²) in [4.78, 5) is 16.4. The molecule has 8 nitrogen and oxygen atoms in total. The molecule has 1 amide bonds. The van der Waals surface area contributed by atoms with E-state index < -0.39 is 10.0 Å². The molecule has 0 atom stereocenters. The van der Waals surface area contributed by atoms with Gasteiger partial charge in [0.05, 0.1) is 23.7 Å². The average molecular weight is 391 g/mol. The quantitative estimate of drug-likeness (QED) is 0.764. The fraction of sp³-hybridized carbons (Fsp3) is 0.333. The van der Waals surface area contributed by atoms with Crippen LogP contribution < -0.4 is 15.2 Å². The number of aromatic nitrogens is 1. The Morgan fingerprint density at radius 3 is 2.48 bits per heavy atom. The number of nitrogens with two attached hydrogens (primary N) is 1. The smallest absolute Gasteiger partial charge is 0.253 e. The van der Waals surface area contributed by atoms with Crippen molar-refractivity contribution in [3.8, 4) is 5.88 Å². The van der Waals surface area contributed by atoms with Gasteiger partial charge in [-0.1, -0.05) is 12.1 Å². The Kier molecular flexibility index (Phi) is 6.04. The van der Waals surface area contributed by atoms with Crippen LogP contribution in [0, 0.1) is 0 Å². The number of nitrogens with zero attached hydrogens (tertiary/aromatic N) is 1. The number of amides is 1. The van der Waals surface area contributed by atoms with Gasteiger partial charge in [0.25, 0.3) is 5.91 Å². The molecule has 144 valence electrons. The summed E-state index contributed by atoms with van der Waals surface area (Å²) in [7, 11) is -3.72. The fourth-order valence-corrected chi connectivity index (χ4v) is 3.15. The summed E-state index contributed by atoms with van der Waals surface area (Å²) < 4.78 is 33.5. The lowest BCUT2D eigenvalue weighted by atomic mass is 10.1. The first kappa shape index (κ1) is 19.3. The third kappa shape index (κ3) is 5.49. The van der Waals surface area contributed by atoms with Gasteiger partial charge in [-0.2, -0.15) is 0 Å². The molecule has 0 aliphatic carbocycles. The standard InChI is InChI=1S/C18H21N3O5S/c19-27(23,24)16-4-1-13(2-5-16)11-21-18(22)14-3-6-17(20-12-14)26-15-7-9-25-10-8-15/h1-6,12,15H,7-11H2,(H,21,22)(H2,19,23,24). The monoisotopic (exact) mass is 391 g/mol. The Bertz CT molecular complexity index is 876. The number of pyridine rings is 1. The summed E-state index contributed by atoms with van der Waals surface area (Å²) in [5.74, 6) is 0.202. The summed E-state index contributed by atoms with van der Waals surface area (Å²) in [6.45, 7) is 1.62. The van der Waals surface area contributed by atoms with Gasteiger partial charge in [-0.15, -0.1) is 0 Å². The highest BCUT2D eigenvalue weighted by molar-refractivity contribution is 7.89. The minimum atomic E-state index is -3.72. The van der Waals surface area contributed by atoms with Crippen LogP contribution in [-0.2, 0) is 21.3 Å². The third-order valence-corrected chi connectivity index (χ3v) is 5.09. The van der Waals surface area contributed by atoms with Crippen molar-refractivity contribution in [1.82, 2.24) is 10.3 Å². The first-order valence-electron chi connectivity index (χ1n) is 8.52. The number of hydrogen-bond acceptors (Lipinski definition) is 6. The molecule has 0 saturated carbocycles. The summed E-state index contributed by atoms with van der Waals surface area (Å²) >= 11 is 0. The van der Waals surface area contributed by atoms with Crippen LogP contribution in [0.4, 0.5) is 0 Å². The molecule has 0 bridgehead atoms. The van der Waals surface area contributed by atoms with Crippen molar-refractivity contribution in [3.05, 3.63) is 53.7 Å². The number of ether oxygens (including phenoxy) is 2. The number of carbonyl (C=O) groups is 1. The summed E-state index contributed by atoms with van der Waals surface area (Å²) in [5, 5.41) is 7.81. The fourth-order valence-electron chi connectivity index (χ4n) is 2.63. The number of benzene rings is 1. The second-order valence-corrected chi connectivity index (χ2v) is 7.75. The molecule has 1 aromatic heterocycles. The number of carbonyl (C=O) groups excluding carboxylic acids is 1. The summed E-state index contributed by atoms with van der Waals surface area (Å²) in [6.07, 6.45) is 3.21. The van der Waals surface area contributed by atoms with Crippen LogP contribution in [0.2, 0.25) is 0 Å². The van der Waals surface area contributed by atoms with Gasteiger partial charge in [0.15, 0.2) is 0 Å². The molecule has 1 saturated heterocycles. The predicted molar refractivity (Wildman–Crippen MR) is 97.7 cm³/mol. The SMILES string of the molecule is NS(=O)(=O)c1ccc(CNC(=O)c2ccc(OC3CCOCC3)nc2)cc1. The van der Waals surface area contributed by atoms with Gasteiger partial charge in [0, 0.05) is 31.6 Å². The van der Waals surface area contributed by atoms with E-state index in [9.17, 15) is 13.2 Å². The summed E-state index contributed by atoms with van der Waals surface area (Å²) in [5.41, 5.74) is 1.17. The molecule has 2 aromatic rings. The predicted octanol–water partition coefficient (Wildman–Crippen LogP) is 1.22. The Labute approximate surface area is 157 Å². The van der Waals surface area contributed by atoms with E-state index in [1.807, 2.05) is 0 Å². The van der Waals surface area contributed by atoms with Crippen molar-refractivity contribution in [3.63, 3.8) is 0 Å². The second-order valence-electron chi connectivity index (χ2n) is 6.19. The lowest BCUT2D eigenvalue weighted by Gasteiger charge is -2.22. The molecule has 27 heavy (non-hydrogen) atoms. The van der Waals surface area contributed by atoms with Crippen molar-refractivity contribution in [2.75, 3.05) is 13.2 Å². The van der Waals surface area contributed by atoms with Gasteiger partial charge >= 0.3 is 0 Å². The first-order valence-corrected chi connectivity index (χ1v) is 10.1. The molecule has 0 spiro atoms. The third-order valence-electron chi connectivity index (χ3n) is 4.16. The van der Waals surface area contributed by atoms with Gasteiger partial charge < -0.3 is 14.8 Å². The van der Waals surface area contributed by atoms with Crippen molar-refractivity contribution in [2.45, 2.75) is 30.4 Å². The maximum atomic E-state index is 12.2. The highest BCUT2D eigenvalue weighted by Gasteiger charge is 2.16. The van der Waals surface area contributed by atoms with Crippen molar-refractivity contribution >= 4 is 15.9 Å². The molecule has 1 fully saturated rings. The first-order chi connectivity index (χ1) is 12.9. The van der Waals surface area contributed by atoms with Gasteiger partial charge in [0.2, 0.25) is 15.9 Å². The maximum absolute atomic E-state index is 12.2. The zero-order valence-electron chi connectivity index (χ0n) is 14.6. The van der Waals surface area contributed by atoms with Gasteiger partial charge in [-0.3, -0.25) is 4.79 Å². The average Bonchev–Trinajstić information content (AvgIpc) is 2.67. The minimum absolute atomic E-state index is 0.0295. The molecule has 0 radical (unpaired) electrons. The van der Waals surface area contributed by atoms with Crippen molar-refractivity contribution in [2.24, 2.45) is 5.14 Å². The number of hydrogen-bond donors (Lipinski definition) is 2. The van der Waals surface area contributed by atoms with E-state index in [1.54, 1.807) is 24.3 Å². The summed E-state index contributed by atoms with van der Waals surface area (Å²) in [6, 6.07) is 9.33. The zero-order chi connectivity index (χ0) is 19.3. The van der Waals surface area contributed by atoms with E-state index in [0.717, 1.165) is 18.4 Å². The van der Waals surface area contributed by atoms with Gasteiger partial charge in [0.1, 0.15) is 6.10 Å². The van der Waals surface area contributed by atoms with Gasteiger partial charge in [-0.05, 0) is 23.8 Å². The lowest BCUT2D eigenvalue weighted by Crippen LogP contribution is -2.26. The largest absolute Gasteiger partial charge is 0.474 e. The molecular weight excluding hydrogens is 370 g/mol. The van der Waals surface area contributed by atoms with Crippen LogP contribution >= 0.6 is 0 Å². The van der Waals surface area contributed by atoms with Crippen molar-refractivity contribution in [1.29, 1.82) is 0 Å². The van der Waals surface area contributed by atoms with Crippen LogP contribution in [0.1, 0.15) is 28.8 Å². The van der Waals surface area contributed by atoms with E-state index in [0.29, 0.717) is 24.7 Å².